The summed E-state index contributed by atoms with van der Waals surface area (Å²) in [5.74, 6) is -8.74. The van der Waals surface area contributed by atoms with Crippen LogP contribution in [-0.4, -0.2) is 5.92 Å². The van der Waals surface area contributed by atoms with Crippen LogP contribution in [0.5, 0.6) is 0 Å². The van der Waals surface area contributed by atoms with Gasteiger partial charge in [-0.25, -0.2) is 0 Å². The third kappa shape index (κ3) is 2.41. The lowest BCUT2D eigenvalue weighted by Crippen LogP contribution is -2.46. The van der Waals surface area contributed by atoms with Crippen LogP contribution in [0.4, 0.5) is 17.6 Å². The number of hydrogen-bond donors (Lipinski definition) is 1. The van der Waals surface area contributed by atoms with Crippen molar-refractivity contribution < 1.29 is 17.6 Å². The summed E-state index contributed by atoms with van der Waals surface area (Å²) in [4.78, 5) is 0. The first-order valence-electron chi connectivity index (χ1n) is 5.99. The topological polar surface area (TPSA) is 26.0 Å². The van der Waals surface area contributed by atoms with E-state index in [9.17, 15) is 17.6 Å². The quantitative estimate of drug-likeness (QED) is 0.839. The van der Waals surface area contributed by atoms with Crippen molar-refractivity contribution in [2.45, 2.75) is 17.9 Å². The lowest BCUT2D eigenvalue weighted by atomic mass is 9.92. The van der Waals surface area contributed by atoms with Gasteiger partial charge in [-0.15, -0.1) is 0 Å². The molecule has 0 radical (unpaired) electrons. The van der Waals surface area contributed by atoms with Crippen molar-refractivity contribution in [2.75, 3.05) is 0 Å². The lowest BCUT2D eigenvalue weighted by Gasteiger charge is -2.31. The zero-order valence-electron chi connectivity index (χ0n) is 10.4. The molecule has 1 nitrogen and oxygen atoms in total. The van der Waals surface area contributed by atoms with E-state index >= 15 is 0 Å². The minimum absolute atomic E-state index is 0.0342. The van der Waals surface area contributed by atoms with Crippen molar-refractivity contribution in [3.8, 4) is 0 Å². The Kier molecular flexibility index (Phi) is 3.81. The van der Waals surface area contributed by atoms with Gasteiger partial charge in [-0.05, 0) is 5.56 Å². The molecule has 0 aliphatic rings. The molecule has 0 saturated heterocycles. The van der Waals surface area contributed by atoms with Gasteiger partial charge in [0, 0.05) is 5.56 Å². The van der Waals surface area contributed by atoms with Crippen LogP contribution in [0.3, 0.4) is 0 Å². The van der Waals surface area contributed by atoms with E-state index in [1.165, 1.54) is 42.5 Å². The second kappa shape index (κ2) is 5.25. The van der Waals surface area contributed by atoms with Gasteiger partial charge in [0.15, 0.2) is 0 Å². The first-order chi connectivity index (χ1) is 9.37. The van der Waals surface area contributed by atoms with Crippen molar-refractivity contribution in [1.29, 1.82) is 0 Å². The zero-order valence-corrected chi connectivity index (χ0v) is 10.4. The Bertz CT molecular complexity index is 555. The number of benzene rings is 2. The van der Waals surface area contributed by atoms with Crippen LogP contribution in [0.25, 0.3) is 0 Å². The van der Waals surface area contributed by atoms with Gasteiger partial charge in [-0.3, -0.25) is 0 Å². The van der Waals surface area contributed by atoms with E-state index in [1.807, 2.05) is 0 Å². The first-order valence-corrected chi connectivity index (χ1v) is 5.99. The molecule has 106 valence electrons. The highest BCUT2D eigenvalue weighted by atomic mass is 19.3. The average Bonchev–Trinajstić information content (AvgIpc) is 2.48. The summed E-state index contributed by atoms with van der Waals surface area (Å²) < 4.78 is 56.3. The maximum atomic E-state index is 14.1. The maximum Gasteiger partial charge on any atom is 0.337 e. The Labute approximate surface area is 114 Å². The highest BCUT2D eigenvalue weighted by molar-refractivity contribution is 5.27. The molecule has 0 heterocycles. The van der Waals surface area contributed by atoms with Crippen LogP contribution in [0.1, 0.15) is 17.2 Å². The zero-order chi connectivity index (χ0) is 14.8. The summed E-state index contributed by atoms with van der Waals surface area (Å²) in [6.45, 7) is 0. The number of rotatable bonds is 4. The summed E-state index contributed by atoms with van der Waals surface area (Å²) in [5.41, 5.74) is 4.58. The van der Waals surface area contributed by atoms with Gasteiger partial charge in [0.1, 0.15) is 6.04 Å². The molecule has 0 spiro atoms. The van der Waals surface area contributed by atoms with Crippen molar-refractivity contribution in [3.63, 3.8) is 0 Å². The summed E-state index contributed by atoms with van der Waals surface area (Å²) >= 11 is 0. The molecule has 0 aliphatic heterocycles. The molecule has 0 amide bonds. The van der Waals surface area contributed by atoms with Crippen LogP contribution in [0.2, 0.25) is 0 Å². The molecule has 2 aromatic rings. The van der Waals surface area contributed by atoms with Crippen molar-refractivity contribution in [1.82, 2.24) is 0 Å². The van der Waals surface area contributed by atoms with Crippen LogP contribution in [-0.2, 0) is 5.92 Å². The summed E-state index contributed by atoms with van der Waals surface area (Å²) in [6, 6.07) is 11.1. The third-order valence-electron chi connectivity index (χ3n) is 3.10. The van der Waals surface area contributed by atoms with Crippen molar-refractivity contribution in [3.05, 3.63) is 71.8 Å². The average molecular weight is 283 g/mol. The summed E-state index contributed by atoms with van der Waals surface area (Å²) in [5, 5.41) is 0. The monoisotopic (exact) mass is 283 g/mol. The normalized spacial score (nSPS) is 14.1. The molecule has 0 aliphatic carbocycles. The van der Waals surface area contributed by atoms with E-state index in [2.05, 4.69) is 0 Å². The second-order valence-electron chi connectivity index (χ2n) is 4.45. The SMILES string of the molecule is NC(c1ccccc1)C(F)(F)C(F)(F)c1ccccc1. The third-order valence-corrected chi connectivity index (χ3v) is 3.10. The lowest BCUT2D eigenvalue weighted by molar-refractivity contribution is -0.228. The van der Waals surface area contributed by atoms with E-state index < -0.39 is 23.5 Å². The Hall–Kier alpha value is -1.88. The molecule has 2 rings (SSSR count). The molecule has 0 bridgehead atoms. The molecule has 0 saturated carbocycles. The highest BCUT2D eigenvalue weighted by Crippen LogP contribution is 2.48. The van der Waals surface area contributed by atoms with Gasteiger partial charge >= 0.3 is 11.8 Å². The molecule has 2 N–H and O–H groups in total. The fraction of sp³-hybridized carbons (Fsp3) is 0.200. The molecule has 1 unspecified atom stereocenters. The number of alkyl halides is 4. The summed E-state index contributed by atoms with van der Waals surface area (Å²) in [6.07, 6.45) is 0. The predicted octanol–water partition coefficient (Wildman–Crippen LogP) is 4.11. The van der Waals surface area contributed by atoms with E-state index in [0.29, 0.717) is 0 Å². The minimum Gasteiger partial charge on any atom is -0.319 e. The standard InChI is InChI=1S/C15H13F4N/c16-14(17,12-9-5-2-6-10-12)15(18,19)13(20)11-7-3-1-4-8-11/h1-10,13H,20H2. The van der Waals surface area contributed by atoms with Crippen LogP contribution >= 0.6 is 0 Å². The second-order valence-corrected chi connectivity index (χ2v) is 4.45. The maximum absolute atomic E-state index is 14.1. The number of hydrogen-bond acceptors (Lipinski definition) is 1. The summed E-state index contributed by atoms with van der Waals surface area (Å²) in [7, 11) is 0. The van der Waals surface area contributed by atoms with Gasteiger partial charge in [-0.2, -0.15) is 17.6 Å². The van der Waals surface area contributed by atoms with Gasteiger partial charge < -0.3 is 5.73 Å². The molecule has 0 fully saturated rings. The van der Waals surface area contributed by atoms with Crippen LogP contribution < -0.4 is 5.73 Å². The van der Waals surface area contributed by atoms with Crippen molar-refractivity contribution in [2.24, 2.45) is 5.73 Å². The van der Waals surface area contributed by atoms with Crippen LogP contribution in [0.15, 0.2) is 60.7 Å². The molecule has 1 atom stereocenters. The van der Waals surface area contributed by atoms with Gasteiger partial charge in [0.25, 0.3) is 0 Å². The minimum atomic E-state index is -4.39. The van der Waals surface area contributed by atoms with E-state index in [1.54, 1.807) is 6.07 Å². The van der Waals surface area contributed by atoms with Crippen LogP contribution in [0, 0.1) is 0 Å². The van der Waals surface area contributed by atoms with E-state index in [0.717, 1.165) is 12.1 Å². The van der Waals surface area contributed by atoms with Gasteiger partial charge in [-0.1, -0.05) is 60.7 Å². The number of halogens is 4. The molecule has 0 aromatic heterocycles. The van der Waals surface area contributed by atoms with Gasteiger partial charge in [0.05, 0.1) is 0 Å². The van der Waals surface area contributed by atoms with E-state index in [-0.39, 0.29) is 5.56 Å². The predicted molar refractivity (Wildman–Crippen MR) is 68.7 cm³/mol. The Balaban J connectivity index is 2.39. The van der Waals surface area contributed by atoms with Gasteiger partial charge in [0.2, 0.25) is 0 Å². The Morgan fingerprint density at radius 3 is 1.70 bits per heavy atom. The highest BCUT2D eigenvalue weighted by Gasteiger charge is 2.61. The Morgan fingerprint density at radius 1 is 0.750 bits per heavy atom. The van der Waals surface area contributed by atoms with E-state index in [4.69, 9.17) is 5.73 Å². The molecular formula is C15H13F4N. The Morgan fingerprint density at radius 2 is 1.20 bits per heavy atom. The largest absolute Gasteiger partial charge is 0.337 e. The smallest absolute Gasteiger partial charge is 0.319 e. The fourth-order valence-corrected chi connectivity index (χ4v) is 1.90. The number of nitrogens with two attached hydrogens (primary N) is 1. The fourth-order valence-electron chi connectivity index (χ4n) is 1.90. The molecule has 20 heavy (non-hydrogen) atoms. The molecule has 5 heteroatoms. The molecular weight excluding hydrogens is 270 g/mol. The first kappa shape index (κ1) is 14.5. The van der Waals surface area contributed by atoms with Crippen molar-refractivity contribution >= 4 is 0 Å². The molecule has 2 aromatic carbocycles.